The SMILES string of the molecule is CCn1c(CCN)nc2cc(C)ccc21. The van der Waals surface area contributed by atoms with Gasteiger partial charge in [0.05, 0.1) is 11.0 Å². The van der Waals surface area contributed by atoms with E-state index in [0.717, 1.165) is 24.3 Å². The van der Waals surface area contributed by atoms with Gasteiger partial charge < -0.3 is 10.3 Å². The molecule has 0 aliphatic rings. The molecule has 0 unspecified atom stereocenters. The zero-order valence-corrected chi connectivity index (χ0v) is 9.33. The molecule has 1 aromatic heterocycles. The van der Waals surface area contributed by atoms with E-state index < -0.39 is 0 Å². The molecule has 0 aliphatic carbocycles. The zero-order valence-electron chi connectivity index (χ0n) is 9.33. The van der Waals surface area contributed by atoms with Crippen molar-refractivity contribution in [2.75, 3.05) is 6.54 Å². The summed E-state index contributed by atoms with van der Waals surface area (Å²) >= 11 is 0. The lowest BCUT2D eigenvalue weighted by atomic mass is 10.2. The molecule has 1 aromatic carbocycles. The van der Waals surface area contributed by atoms with Crippen molar-refractivity contribution >= 4 is 11.0 Å². The minimum absolute atomic E-state index is 0.655. The normalized spacial score (nSPS) is 11.1. The maximum Gasteiger partial charge on any atom is 0.111 e. The Balaban J connectivity index is 2.62. The van der Waals surface area contributed by atoms with Crippen molar-refractivity contribution in [3.63, 3.8) is 0 Å². The number of hydrogen-bond acceptors (Lipinski definition) is 2. The van der Waals surface area contributed by atoms with Crippen LogP contribution in [-0.4, -0.2) is 16.1 Å². The first kappa shape index (κ1) is 10.2. The average molecular weight is 203 g/mol. The topological polar surface area (TPSA) is 43.8 Å². The lowest BCUT2D eigenvalue weighted by Crippen LogP contribution is -2.09. The van der Waals surface area contributed by atoms with Crippen molar-refractivity contribution in [1.29, 1.82) is 0 Å². The number of rotatable bonds is 3. The van der Waals surface area contributed by atoms with E-state index in [0.29, 0.717) is 6.54 Å². The van der Waals surface area contributed by atoms with Gasteiger partial charge in [0.25, 0.3) is 0 Å². The van der Waals surface area contributed by atoms with Crippen LogP contribution in [0.4, 0.5) is 0 Å². The molecule has 0 spiro atoms. The van der Waals surface area contributed by atoms with Crippen molar-refractivity contribution in [2.24, 2.45) is 5.73 Å². The maximum atomic E-state index is 5.58. The van der Waals surface area contributed by atoms with Gasteiger partial charge in [-0.1, -0.05) is 6.07 Å². The second-order valence-electron chi connectivity index (χ2n) is 3.80. The van der Waals surface area contributed by atoms with Crippen LogP contribution in [0.3, 0.4) is 0 Å². The van der Waals surface area contributed by atoms with Crippen LogP contribution in [0, 0.1) is 6.92 Å². The molecule has 2 aromatic rings. The third kappa shape index (κ3) is 1.75. The van der Waals surface area contributed by atoms with Crippen molar-refractivity contribution in [1.82, 2.24) is 9.55 Å². The van der Waals surface area contributed by atoms with Gasteiger partial charge in [-0.2, -0.15) is 0 Å². The van der Waals surface area contributed by atoms with Crippen LogP contribution in [-0.2, 0) is 13.0 Å². The van der Waals surface area contributed by atoms with Gasteiger partial charge in [-0.25, -0.2) is 4.98 Å². The molecule has 0 bridgehead atoms. The molecule has 3 nitrogen and oxygen atoms in total. The summed E-state index contributed by atoms with van der Waals surface area (Å²) < 4.78 is 2.24. The summed E-state index contributed by atoms with van der Waals surface area (Å²) in [4.78, 5) is 4.62. The summed E-state index contributed by atoms with van der Waals surface area (Å²) in [7, 11) is 0. The summed E-state index contributed by atoms with van der Waals surface area (Å²) in [5.74, 6) is 1.10. The van der Waals surface area contributed by atoms with Crippen LogP contribution < -0.4 is 5.73 Å². The Morgan fingerprint density at radius 1 is 1.40 bits per heavy atom. The van der Waals surface area contributed by atoms with E-state index >= 15 is 0 Å². The molecule has 0 amide bonds. The van der Waals surface area contributed by atoms with E-state index in [1.165, 1.54) is 11.1 Å². The molecule has 1 heterocycles. The van der Waals surface area contributed by atoms with Crippen LogP contribution in [0.25, 0.3) is 11.0 Å². The largest absolute Gasteiger partial charge is 0.330 e. The van der Waals surface area contributed by atoms with Gasteiger partial charge in [0, 0.05) is 13.0 Å². The maximum absolute atomic E-state index is 5.58. The molecule has 0 saturated heterocycles. The minimum atomic E-state index is 0.655. The molecule has 0 radical (unpaired) electrons. The quantitative estimate of drug-likeness (QED) is 0.827. The molecule has 0 aliphatic heterocycles. The second-order valence-corrected chi connectivity index (χ2v) is 3.80. The minimum Gasteiger partial charge on any atom is -0.330 e. The van der Waals surface area contributed by atoms with E-state index in [2.05, 4.69) is 41.6 Å². The molecule has 80 valence electrons. The fraction of sp³-hybridized carbons (Fsp3) is 0.417. The summed E-state index contributed by atoms with van der Waals surface area (Å²) in [5, 5.41) is 0. The van der Waals surface area contributed by atoms with Crippen LogP contribution in [0.1, 0.15) is 18.3 Å². The first-order chi connectivity index (χ1) is 7.26. The van der Waals surface area contributed by atoms with Gasteiger partial charge in [0.1, 0.15) is 5.82 Å². The van der Waals surface area contributed by atoms with Gasteiger partial charge in [0.15, 0.2) is 0 Å². The highest BCUT2D eigenvalue weighted by molar-refractivity contribution is 5.76. The predicted molar refractivity (Wildman–Crippen MR) is 62.9 cm³/mol. The fourth-order valence-corrected chi connectivity index (χ4v) is 1.96. The van der Waals surface area contributed by atoms with Crippen molar-refractivity contribution < 1.29 is 0 Å². The highest BCUT2D eigenvalue weighted by Crippen LogP contribution is 2.17. The Morgan fingerprint density at radius 2 is 2.20 bits per heavy atom. The molecule has 0 fully saturated rings. The average Bonchev–Trinajstić information content (AvgIpc) is 2.54. The van der Waals surface area contributed by atoms with Crippen molar-refractivity contribution in [2.45, 2.75) is 26.8 Å². The van der Waals surface area contributed by atoms with Gasteiger partial charge in [-0.15, -0.1) is 0 Å². The van der Waals surface area contributed by atoms with E-state index in [-0.39, 0.29) is 0 Å². The van der Waals surface area contributed by atoms with E-state index in [9.17, 15) is 0 Å². The van der Waals surface area contributed by atoms with Crippen molar-refractivity contribution in [3.8, 4) is 0 Å². The van der Waals surface area contributed by atoms with Gasteiger partial charge in [-0.3, -0.25) is 0 Å². The Kier molecular flexibility index (Phi) is 2.73. The fourth-order valence-electron chi connectivity index (χ4n) is 1.96. The number of fused-ring (bicyclic) bond motifs is 1. The zero-order chi connectivity index (χ0) is 10.8. The molecule has 15 heavy (non-hydrogen) atoms. The second kappa shape index (κ2) is 4.03. The molecule has 0 saturated carbocycles. The molecule has 3 heteroatoms. The highest BCUT2D eigenvalue weighted by atomic mass is 15.1. The lowest BCUT2D eigenvalue weighted by Gasteiger charge is -2.04. The predicted octanol–water partition coefficient (Wildman–Crippen LogP) is 1.87. The Hall–Kier alpha value is -1.35. The summed E-state index contributed by atoms with van der Waals surface area (Å²) in [6.07, 6.45) is 0.849. The third-order valence-corrected chi connectivity index (χ3v) is 2.67. The number of nitrogens with zero attached hydrogens (tertiary/aromatic N) is 2. The smallest absolute Gasteiger partial charge is 0.111 e. The number of aromatic nitrogens is 2. The molecule has 0 atom stereocenters. The standard InChI is InChI=1S/C12H17N3/c1-3-15-11-5-4-9(2)8-10(11)14-12(15)6-7-13/h4-5,8H,3,6-7,13H2,1-2H3. The Morgan fingerprint density at radius 3 is 2.87 bits per heavy atom. The summed E-state index contributed by atoms with van der Waals surface area (Å²) in [5.41, 5.74) is 9.13. The number of aryl methyl sites for hydroxylation is 2. The van der Waals surface area contributed by atoms with Crippen LogP contribution in [0.5, 0.6) is 0 Å². The number of nitrogens with two attached hydrogens (primary N) is 1. The first-order valence-corrected chi connectivity index (χ1v) is 5.42. The van der Waals surface area contributed by atoms with E-state index in [1.807, 2.05) is 0 Å². The number of imidazole rings is 1. The third-order valence-electron chi connectivity index (χ3n) is 2.67. The van der Waals surface area contributed by atoms with Crippen LogP contribution in [0.2, 0.25) is 0 Å². The molecule has 2 rings (SSSR count). The number of benzene rings is 1. The Bertz CT molecular complexity index is 471. The highest BCUT2D eigenvalue weighted by Gasteiger charge is 2.08. The van der Waals surface area contributed by atoms with E-state index in [1.54, 1.807) is 0 Å². The monoisotopic (exact) mass is 203 g/mol. The van der Waals surface area contributed by atoms with Gasteiger partial charge >= 0.3 is 0 Å². The number of hydrogen-bond donors (Lipinski definition) is 1. The van der Waals surface area contributed by atoms with Gasteiger partial charge in [-0.05, 0) is 38.1 Å². The summed E-state index contributed by atoms with van der Waals surface area (Å²) in [6.45, 7) is 5.84. The van der Waals surface area contributed by atoms with Gasteiger partial charge in [0.2, 0.25) is 0 Å². The van der Waals surface area contributed by atoms with Crippen LogP contribution >= 0.6 is 0 Å². The summed E-state index contributed by atoms with van der Waals surface area (Å²) in [6, 6.07) is 6.39. The van der Waals surface area contributed by atoms with E-state index in [4.69, 9.17) is 5.73 Å². The molecule has 2 N–H and O–H groups in total. The first-order valence-electron chi connectivity index (χ1n) is 5.42. The van der Waals surface area contributed by atoms with Crippen molar-refractivity contribution in [3.05, 3.63) is 29.6 Å². The molecular formula is C12H17N3. The molecular weight excluding hydrogens is 186 g/mol. The lowest BCUT2D eigenvalue weighted by molar-refractivity contribution is 0.711. The van der Waals surface area contributed by atoms with Crippen LogP contribution in [0.15, 0.2) is 18.2 Å². The Labute approximate surface area is 89.9 Å².